The van der Waals surface area contributed by atoms with E-state index in [0.29, 0.717) is 12.8 Å². The van der Waals surface area contributed by atoms with Crippen molar-refractivity contribution in [3.05, 3.63) is 55.2 Å². The first-order valence-corrected chi connectivity index (χ1v) is 14.0. The highest BCUT2D eigenvalue weighted by molar-refractivity contribution is 9.11. The van der Waals surface area contributed by atoms with Crippen LogP contribution in [0.15, 0.2) is 59.7 Å². The first-order valence-electron chi connectivity index (χ1n) is 12.4. The molecule has 34 heavy (non-hydrogen) atoms. The summed E-state index contributed by atoms with van der Waals surface area (Å²) >= 11 is 7.34. The standard InChI is InChI=1S/C28H34Br2N2O2/c1-19(33)11-7-3-5-9-13-25-23-18-31-26(14-10-6-4-8-12-20(2)34)27(23)28(32-25)22-17-21(29)15-16-24(22)30/h15-18H,3-14H2,1-2H3. The maximum atomic E-state index is 11.2. The fourth-order valence-electron chi connectivity index (χ4n) is 4.46. The Labute approximate surface area is 220 Å². The summed E-state index contributed by atoms with van der Waals surface area (Å²) in [6.45, 7) is 3.33. The Morgan fingerprint density at radius 2 is 1.38 bits per heavy atom. The van der Waals surface area contributed by atoms with Crippen molar-refractivity contribution in [2.75, 3.05) is 0 Å². The van der Waals surface area contributed by atoms with Gasteiger partial charge in [-0.2, -0.15) is 0 Å². The van der Waals surface area contributed by atoms with E-state index >= 15 is 0 Å². The Balaban J connectivity index is 1.71. The topological polar surface area (TPSA) is 58.9 Å². The average Bonchev–Trinajstić information content (AvgIpc) is 3.35. The van der Waals surface area contributed by atoms with Crippen molar-refractivity contribution in [3.63, 3.8) is 0 Å². The molecule has 182 valence electrons. The number of benzene rings is 1. The van der Waals surface area contributed by atoms with Crippen LogP contribution in [0.4, 0.5) is 0 Å². The Kier molecular flexibility index (Phi) is 10.6. The van der Waals surface area contributed by atoms with Crippen molar-refractivity contribution in [2.24, 2.45) is 9.98 Å². The van der Waals surface area contributed by atoms with Gasteiger partial charge < -0.3 is 9.59 Å². The van der Waals surface area contributed by atoms with Crippen molar-refractivity contribution in [3.8, 4) is 0 Å². The summed E-state index contributed by atoms with van der Waals surface area (Å²) in [4.78, 5) is 32.2. The lowest BCUT2D eigenvalue weighted by atomic mass is 9.95. The second kappa shape index (κ2) is 13.4. The molecule has 0 N–H and O–H groups in total. The van der Waals surface area contributed by atoms with Crippen LogP contribution in [-0.2, 0) is 9.59 Å². The lowest BCUT2D eigenvalue weighted by molar-refractivity contribution is -0.117. The van der Waals surface area contributed by atoms with E-state index in [1.807, 2.05) is 12.3 Å². The summed E-state index contributed by atoms with van der Waals surface area (Å²) < 4.78 is 2.06. The fraction of sp³-hybridized carbons (Fsp3) is 0.500. The quantitative estimate of drug-likeness (QED) is 0.193. The van der Waals surface area contributed by atoms with Gasteiger partial charge in [0, 0.05) is 44.7 Å². The lowest BCUT2D eigenvalue weighted by Crippen LogP contribution is -2.05. The fourth-order valence-corrected chi connectivity index (χ4v) is 5.25. The van der Waals surface area contributed by atoms with Crippen LogP contribution in [0.2, 0.25) is 0 Å². The number of unbranched alkanes of at least 4 members (excludes halogenated alkanes) is 6. The number of rotatable bonds is 15. The minimum Gasteiger partial charge on any atom is -0.300 e. The van der Waals surface area contributed by atoms with E-state index in [4.69, 9.17) is 9.98 Å². The van der Waals surface area contributed by atoms with Crippen molar-refractivity contribution < 1.29 is 9.59 Å². The molecule has 0 atom stereocenters. The van der Waals surface area contributed by atoms with Gasteiger partial charge in [0.25, 0.3) is 0 Å². The lowest BCUT2D eigenvalue weighted by Gasteiger charge is -2.10. The third kappa shape index (κ3) is 7.67. The molecule has 0 spiro atoms. The average molecular weight is 590 g/mol. The molecular formula is C28H34Br2N2O2. The van der Waals surface area contributed by atoms with E-state index in [1.165, 1.54) is 11.1 Å². The minimum absolute atomic E-state index is 0.276. The molecule has 0 fully saturated rings. The second-order valence-corrected chi connectivity index (χ2v) is 11.0. The van der Waals surface area contributed by atoms with Crippen LogP contribution in [0.25, 0.3) is 0 Å². The van der Waals surface area contributed by atoms with Gasteiger partial charge in [0.05, 0.1) is 17.1 Å². The number of carbonyl (C=O) groups is 2. The molecule has 0 radical (unpaired) electrons. The molecule has 0 aliphatic carbocycles. The first-order chi connectivity index (χ1) is 16.4. The van der Waals surface area contributed by atoms with Crippen molar-refractivity contribution >= 4 is 55.4 Å². The minimum atomic E-state index is 0.276. The molecule has 0 unspecified atom stereocenters. The predicted octanol–water partition coefficient (Wildman–Crippen LogP) is 8.47. The molecule has 0 aromatic heterocycles. The summed E-state index contributed by atoms with van der Waals surface area (Å²) in [5, 5.41) is 0. The van der Waals surface area contributed by atoms with Crippen molar-refractivity contribution in [2.45, 2.75) is 90.9 Å². The molecule has 2 aliphatic rings. The predicted molar refractivity (Wildman–Crippen MR) is 148 cm³/mol. The molecule has 0 bridgehead atoms. The number of carbonyl (C=O) groups excluding carboxylic acids is 2. The normalized spacial score (nSPS) is 14.8. The van der Waals surface area contributed by atoms with Crippen LogP contribution >= 0.6 is 31.9 Å². The molecule has 4 nitrogen and oxygen atoms in total. The number of halogens is 2. The van der Waals surface area contributed by atoms with Crippen LogP contribution in [0.1, 0.15) is 96.5 Å². The summed E-state index contributed by atoms with van der Waals surface area (Å²) in [5.74, 6) is 0.552. The highest BCUT2D eigenvalue weighted by Gasteiger charge is 2.30. The number of allylic oxidation sites excluding steroid dienone is 4. The number of fused-ring (bicyclic) bond motifs is 1. The van der Waals surface area contributed by atoms with Gasteiger partial charge in [-0.1, -0.05) is 57.5 Å². The van der Waals surface area contributed by atoms with Crippen LogP contribution in [0.3, 0.4) is 0 Å². The van der Waals surface area contributed by atoms with Gasteiger partial charge in [-0.15, -0.1) is 0 Å². The summed E-state index contributed by atoms with van der Waals surface area (Å²) in [7, 11) is 0. The van der Waals surface area contributed by atoms with E-state index in [9.17, 15) is 9.59 Å². The highest BCUT2D eigenvalue weighted by atomic mass is 79.9. The van der Waals surface area contributed by atoms with Crippen molar-refractivity contribution in [1.29, 1.82) is 0 Å². The molecule has 1 aromatic rings. The molecule has 1 aromatic carbocycles. The molecule has 0 saturated carbocycles. The number of ketones is 2. The van der Waals surface area contributed by atoms with Crippen LogP contribution in [0.5, 0.6) is 0 Å². The summed E-state index contributed by atoms with van der Waals surface area (Å²) in [6.07, 6.45) is 13.7. The Morgan fingerprint density at radius 3 is 2.00 bits per heavy atom. The smallest absolute Gasteiger partial charge is 0.129 e. The molecule has 3 rings (SSSR count). The van der Waals surface area contributed by atoms with Crippen LogP contribution in [0, 0.1) is 0 Å². The number of hydrogen-bond donors (Lipinski definition) is 0. The molecule has 0 amide bonds. The van der Waals surface area contributed by atoms with Gasteiger partial charge in [0.2, 0.25) is 0 Å². The van der Waals surface area contributed by atoms with Crippen molar-refractivity contribution in [1.82, 2.24) is 0 Å². The molecular weight excluding hydrogens is 556 g/mol. The second-order valence-electron chi connectivity index (χ2n) is 9.26. The van der Waals surface area contributed by atoms with E-state index < -0.39 is 0 Å². The maximum absolute atomic E-state index is 11.2. The Hall–Kier alpha value is -1.66. The summed E-state index contributed by atoms with van der Waals surface area (Å²) in [5.41, 5.74) is 6.72. The van der Waals surface area contributed by atoms with E-state index in [2.05, 4.69) is 44.0 Å². The molecule has 2 aliphatic heterocycles. The van der Waals surface area contributed by atoms with E-state index in [1.54, 1.807) is 13.8 Å². The van der Waals surface area contributed by atoms with Gasteiger partial charge >= 0.3 is 0 Å². The third-order valence-electron chi connectivity index (χ3n) is 6.27. The van der Waals surface area contributed by atoms with Gasteiger partial charge in [-0.25, -0.2) is 0 Å². The van der Waals surface area contributed by atoms with Gasteiger partial charge in [0.15, 0.2) is 0 Å². The number of aliphatic imine (C=N–C) groups is 2. The van der Waals surface area contributed by atoms with E-state index in [-0.39, 0.29) is 11.6 Å². The number of nitrogens with zero attached hydrogens (tertiary/aromatic N) is 2. The Morgan fingerprint density at radius 1 is 0.794 bits per heavy atom. The van der Waals surface area contributed by atoms with Gasteiger partial charge in [0.1, 0.15) is 11.6 Å². The molecule has 0 saturated heterocycles. The van der Waals surface area contributed by atoms with E-state index in [0.717, 1.165) is 95.8 Å². The molecule has 6 heteroatoms. The van der Waals surface area contributed by atoms with Gasteiger partial charge in [-0.3, -0.25) is 9.98 Å². The zero-order chi connectivity index (χ0) is 24.5. The largest absolute Gasteiger partial charge is 0.300 e. The molecule has 2 heterocycles. The summed E-state index contributed by atoms with van der Waals surface area (Å²) in [6, 6.07) is 6.20. The van der Waals surface area contributed by atoms with Crippen LogP contribution < -0.4 is 0 Å². The first kappa shape index (κ1) is 26.9. The Bertz CT molecular complexity index is 1030. The van der Waals surface area contributed by atoms with Gasteiger partial charge in [-0.05, 0) is 70.6 Å². The monoisotopic (exact) mass is 588 g/mol. The highest BCUT2D eigenvalue weighted by Crippen LogP contribution is 2.39. The third-order valence-corrected chi connectivity index (χ3v) is 7.45. The maximum Gasteiger partial charge on any atom is 0.129 e. The van der Waals surface area contributed by atoms with Crippen LogP contribution in [-0.4, -0.2) is 23.5 Å². The zero-order valence-electron chi connectivity index (χ0n) is 20.3. The SMILES string of the molecule is CC(=O)CCCCCCC1=C2C=NC(CCCCCCC(C)=O)=C2C(c2cc(Br)ccc2Br)=N1. The zero-order valence-corrected chi connectivity index (χ0v) is 23.4. The number of hydrogen-bond acceptors (Lipinski definition) is 4. The number of Topliss-reactive ketones (excluding diaryl/α,β-unsaturated/α-hetero) is 2.